The highest BCUT2D eigenvalue weighted by molar-refractivity contribution is 7.11. The van der Waals surface area contributed by atoms with Crippen LogP contribution in [0.1, 0.15) is 21.7 Å². The molecule has 108 valence electrons. The van der Waals surface area contributed by atoms with E-state index in [0.29, 0.717) is 0 Å². The first-order chi connectivity index (χ1) is 9.78. The average molecular weight is 308 g/mol. The lowest BCUT2D eigenvalue weighted by Gasteiger charge is -2.10. The number of aromatic nitrogens is 1. The molecule has 2 aromatic heterocycles. The molecular formula is C14H20N4S2. The topological polar surface area (TPSA) is 49.3 Å². The summed E-state index contributed by atoms with van der Waals surface area (Å²) in [6, 6.07) is 4.16. The molecule has 0 aliphatic heterocycles. The van der Waals surface area contributed by atoms with Gasteiger partial charge in [0, 0.05) is 35.5 Å². The monoisotopic (exact) mass is 308 g/mol. The molecule has 6 heteroatoms. The zero-order valence-corrected chi connectivity index (χ0v) is 13.5. The molecule has 0 fully saturated rings. The van der Waals surface area contributed by atoms with Crippen LogP contribution in [0.2, 0.25) is 0 Å². The van der Waals surface area contributed by atoms with Gasteiger partial charge in [-0.15, -0.1) is 22.7 Å². The second kappa shape index (κ2) is 8.01. The largest absolute Gasteiger partial charge is 0.357 e. The molecule has 2 rings (SSSR count). The zero-order chi connectivity index (χ0) is 14.2. The van der Waals surface area contributed by atoms with Crippen molar-refractivity contribution in [2.45, 2.75) is 26.8 Å². The highest BCUT2D eigenvalue weighted by atomic mass is 32.1. The van der Waals surface area contributed by atoms with E-state index in [1.807, 2.05) is 6.20 Å². The van der Waals surface area contributed by atoms with E-state index in [1.165, 1.54) is 14.8 Å². The van der Waals surface area contributed by atoms with Crippen molar-refractivity contribution in [3.8, 4) is 0 Å². The quantitative estimate of drug-likeness (QED) is 0.637. The van der Waals surface area contributed by atoms with Gasteiger partial charge in [0.15, 0.2) is 5.96 Å². The third kappa shape index (κ3) is 4.94. The predicted octanol–water partition coefficient (Wildman–Crippen LogP) is 2.81. The summed E-state index contributed by atoms with van der Waals surface area (Å²) in [6.07, 6.45) is 2.86. The van der Waals surface area contributed by atoms with Gasteiger partial charge in [-0.3, -0.25) is 0 Å². The summed E-state index contributed by atoms with van der Waals surface area (Å²) in [5.74, 6) is 0.870. The molecule has 0 radical (unpaired) electrons. The van der Waals surface area contributed by atoms with Gasteiger partial charge < -0.3 is 10.6 Å². The van der Waals surface area contributed by atoms with E-state index in [1.54, 1.807) is 22.7 Å². The van der Waals surface area contributed by atoms with Gasteiger partial charge >= 0.3 is 0 Å². The predicted molar refractivity (Wildman–Crippen MR) is 87.7 cm³/mol. The first-order valence-corrected chi connectivity index (χ1v) is 8.43. The molecule has 0 saturated heterocycles. The van der Waals surface area contributed by atoms with Crippen LogP contribution >= 0.6 is 22.7 Å². The Morgan fingerprint density at radius 2 is 2.30 bits per heavy atom. The van der Waals surface area contributed by atoms with Crippen LogP contribution in [0.4, 0.5) is 0 Å². The molecule has 0 unspecified atom stereocenters. The molecule has 2 N–H and O–H groups in total. The van der Waals surface area contributed by atoms with Crippen LogP contribution in [0.15, 0.2) is 28.7 Å². The van der Waals surface area contributed by atoms with E-state index in [9.17, 15) is 0 Å². The van der Waals surface area contributed by atoms with Crippen LogP contribution in [0, 0.1) is 6.92 Å². The summed E-state index contributed by atoms with van der Waals surface area (Å²) in [5, 5.41) is 9.86. The fraction of sp³-hybridized carbons (Fsp3) is 0.429. The van der Waals surface area contributed by atoms with E-state index in [-0.39, 0.29) is 0 Å². The van der Waals surface area contributed by atoms with Crippen LogP contribution in [0.5, 0.6) is 0 Å². The van der Waals surface area contributed by atoms with Gasteiger partial charge in [-0.05, 0) is 25.3 Å². The van der Waals surface area contributed by atoms with Gasteiger partial charge in [0.2, 0.25) is 0 Å². The van der Waals surface area contributed by atoms with Crippen molar-refractivity contribution in [3.63, 3.8) is 0 Å². The lowest BCUT2D eigenvalue weighted by Crippen LogP contribution is -2.38. The van der Waals surface area contributed by atoms with Gasteiger partial charge in [-0.25, -0.2) is 9.98 Å². The van der Waals surface area contributed by atoms with E-state index in [2.05, 4.69) is 52.0 Å². The molecule has 4 nitrogen and oxygen atoms in total. The summed E-state index contributed by atoms with van der Waals surface area (Å²) < 4.78 is 0. The number of aryl methyl sites for hydroxylation is 1. The Morgan fingerprint density at radius 3 is 2.95 bits per heavy atom. The molecule has 0 aliphatic carbocycles. The molecule has 0 spiro atoms. The van der Waals surface area contributed by atoms with Gasteiger partial charge in [0.1, 0.15) is 0 Å². The number of thiophene rings is 1. The van der Waals surface area contributed by atoms with Gasteiger partial charge in [-0.1, -0.05) is 6.07 Å². The molecule has 2 heterocycles. The number of rotatable bonds is 6. The van der Waals surface area contributed by atoms with E-state index < -0.39 is 0 Å². The highest BCUT2D eigenvalue weighted by Crippen LogP contribution is 2.11. The Labute approximate surface area is 128 Å². The van der Waals surface area contributed by atoms with Crippen LogP contribution in [0.3, 0.4) is 0 Å². The average Bonchev–Trinajstić information content (AvgIpc) is 3.08. The Kier molecular flexibility index (Phi) is 6.01. The molecule has 0 amide bonds. The Morgan fingerprint density at radius 1 is 1.40 bits per heavy atom. The summed E-state index contributed by atoms with van der Waals surface area (Å²) >= 11 is 3.49. The summed E-state index contributed by atoms with van der Waals surface area (Å²) in [5.41, 5.74) is 0. The number of hydrogen-bond donors (Lipinski definition) is 2. The highest BCUT2D eigenvalue weighted by Gasteiger charge is 2.01. The van der Waals surface area contributed by atoms with Crippen LogP contribution in [-0.2, 0) is 13.0 Å². The van der Waals surface area contributed by atoms with Crippen LogP contribution in [-0.4, -0.2) is 24.0 Å². The third-order valence-corrected chi connectivity index (χ3v) is 4.45. The molecule has 0 aromatic carbocycles. The van der Waals surface area contributed by atoms with Crippen molar-refractivity contribution in [2.24, 2.45) is 4.99 Å². The van der Waals surface area contributed by atoms with Gasteiger partial charge in [-0.2, -0.15) is 0 Å². The van der Waals surface area contributed by atoms with Gasteiger partial charge in [0.05, 0.1) is 11.6 Å². The molecule has 20 heavy (non-hydrogen) atoms. The minimum absolute atomic E-state index is 0.726. The van der Waals surface area contributed by atoms with Crippen LogP contribution in [0.25, 0.3) is 0 Å². The normalized spacial score (nSPS) is 11.6. The van der Waals surface area contributed by atoms with Crippen molar-refractivity contribution < 1.29 is 0 Å². The Hall–Kier alpha value is -1.40. The maximum absolute atomic E-state index is 4.58. The van der Waals surface area contributed by atoms with Crippen molar-refractivity contribution in [3.05, 3.63) is 38.5 Å². The summed E-state index contributed by atoms with van der Waals surface area (Å²) in [6.45, 7) is 6.60. The summed E-state index contributed by atoms with van der Waals surface area (Å²) in [7, 11) is 0. The number of nitrogens with one attached hydrogen (secondary N) is 2. The minimum atomic E-state index is 0.726. The van der Waals surface area contributed by atoms with Crippen molar-refractivity contribution in [1.82, 2.24) is 15.6 Å². The molecule has 2 aromatic rings. The fourth-order valence-electron chi connectivity index (χ4n) is 1.71. The van der Waals surface area contributed by atoms with E-state index in [4.69, 9.17) is 0 Å². The van der Waals surface area contributed by atoms with E-state index >= 15 is 0 Å². The Bertz CT molecular complexity index is 531. The lowest BCUT2D eigenvalue weighted by molar-refractivity contribution is 0.797. The fourth-order valence-corrected chi connectivity index (χ4v) is 3.12. The first-order valence-electron chi connectivity index (χ1n) is 6.74. The number of hydrogen-bond acceptors (Lipinski definition) is 4. The zero-order valence-electron chi connectivity index (χ0n) is 11.8. The second-order valence-corrected chi connectivity index (χ2v) is 6.67. The Balaban J connectivity index is 1.80. The second-order valence-electron chi connectivity index (χ2n) is 4.32. The minimum Gasteiger partial charge on any atom is -0.357 e. The summed E-state index contributed by atoms with van der Waals surface area (Å²) in [4.78, 5) is 11.5. The molecular weight excluding hydrogens is 288 g/mol. The number of nitrogens with zero attached hydrogens (tertiary/aromatic N) is 2. The number of guanidine groups is 1. The third-order valence-electron chi connectivity index (χ3n) is 2.62. The molecule has 0 bridgehead atoms. The maximum atomic E-state index is 4.58. The molecule has 0 aliphatic rings. The van der Waals surface area contributed by atoms with Crippen molar-refractivity contribution in [1.29, 1.82) is 0 Å². The lowest BCUT2D eigenvalue weighted by atomic mass is 10.4. The number of thiazole rings is 1. The first kappa shape index (κ1) is 15.0. The molecule has 0 saturated carbocycles. The van der Waals surface area contributed by atoms with Gasteiger partial charge in [0.25, 0.3) is 0 Å². The maximum Gasteiger partial charge on any atom is 0.191 e. The molecule has 0 atom stereocenters. The standard InChI is InChI=1S/C14H20N4S2/c1-3-15-14(18-10-12-5-4-8-19-12)16-7-6-13-17-9-11(2)20-13/h4-5,8-9H,3,6-7,10H2,1-2H3,(H2,15,16,18). The van der Waals surface area contributed by atoms with Crippen LogP contribution < -0.4 is 10.6 Å². The van der Waals surface area contributed by atoms with E-state index in [0.717, 1.165) is 32.0 Å². The van der Waals surface area contributed by atoms with Crippen molar-refractivity contribution in [2.75, 3.05) is 13.1 Å². The smallest absolute Gasteiger partial charge is 0.191 e. The van der Waals surface area contributed by atoms with Crippen molar-refractivity contribution >= 4 is 28.6 Å². The number of aliphatic imine (C=N–C) groups is 1. The SMILES string of the molecule is CCNC(=NCc1cccs1)NCCc1ncc(C)s1.